The van der Waals surface area contributed by atoms with E-state index in [4.69, 9.17) is 7.74 Å². The normalized spacial score (nSPS) is 6.50. The monoisotopic (exact) mass is 52.1 g/mol. The van der Waals surface area contributed by atoms with Crippen molar-refractivity contribution in [2.75, 3.05) is 0 Å². The molecule has 0 aliphatic heterocycles. The third kappa shape index (κ3) is 161. The smallest absolute Gasteiger partial charge is 0.0836 e. The van der Waals surface area contributed by atoms with E-state index in [1.165, 1.54) is 0 Å². The molecule has 0 rings (SSSR count). The van der Waals surface area contributed by atoms with E-state index < -0.39 is 0 Å². The molecule has 20 valence electrons. The van der Waals surface area contributed by atoms with E-state index >= 15 is 0 Å². The van der Waals surface area contributed by atoms with Crippen molar-refractivity contribution in [2.24, 2.45) is 0 Å². The number of hydrogen-bond acceptors (Lipinski definition) is 0. The molecule has 2 heteroatoms. The molecular weight excluding hydrogens is 45.6 g/mol. The summed E-state index contributed by atoms with van der Waals surface area (Å²) < 4.78 is 0. The SMILES string of the molecule is [B]B(C)C. The highest BCUT2D eigenvalue weighted by Gasteiger charge is 1.75. The van der Waals surface area contributed by atoms with Gasteiger partial charge in [0.15, 0.2) is 0 Å². The van der Waals surface area contributed by atoms with Crippen LogP contribution in [0.5, 0.6) is 0 Å². The summed E-state index contributed by atoms with van der Waals surface area (Å²) in [4.78, 5) is 0. The lowest BCUT2D eigenvalue weighted by molar-refractivity contribution is 2.10. The summed E-state index contributed by atoms with van der Waals surface area (Å²) in [5.74, 6) is 0. The predicted octanol–water partition coefficient (Wildman–Crippen LogP) is 0.406. The lowest BCUT2D eigenvalue weighted by atomic mass is 9.37. The van der Waals surface area contributed by atoms with Crippen molar-refractivity contribution < 1.29 is 0 Å². The summed E-state index contributed by atoms with van der Waals surface area (Å²) in [5.41, 5.74) is 0. The maximum atomic E-state index is 5.11. The average molecular weight is 51.7 g/mol. The number of rotatable bonds is 0. The highest BCUT2D eigenvalue weighted by Crippen LogP contribution is 1.59. The van der Waals surface area contributed by atoms with Crippen LogP contribution in [0, 0.1) is 0 Å². The minimum Gasteiger partial charge on any atom is -0.0937 e. The molecule has 0 N–H and O–H groups in total. The average Bonchev–Trinajstić information content (AvgIpc) is 0.811. The van der Waals surface area contributed by atoms with Gasteiger partial charge >= 0.3 is 0 Å². The molecule has 0 bridgehead atoms. The summed E-state index contributed by atoms with van der Waals surface area (Å²) in [5, 5.41) is 0. The molecule has 0 amide bonds. The fourth-order valence-electron chi connectivity index (χ4n) is 0. The highest BCUT2D eigenvalue weighted by atomic mass is 13.1. The first-order valence-electron chi connectivity index (χ1n) is 1.49. The molecular formula is C2H6B2. The Bertz CT molecular complexity index is 8.75. The molecule has 0 aromatic rings. The predicted molar refractivity (Wildman–Crippen MR) is 23.2 cm³/mol. The van der Waals surface area contributed by atoms with E-state index in [0.29, 0.717) is 6.60 Å². The summed E-state index contributed by atoms with van der Waals surface area (Å²) in [6.45, 7) is 4.22. The molecule has 0 fully saturated rings. The minimum atomic E-state index is 0.333. The Hall–Kier alpha value is 0.130. The van der Waals surface area contributed by atoms with Crippen LogP contribution in [0.4, 0.5) is 0 Å². The van der Waals surface area contributed by atoms with Crippen molar-refractivity contribution in [3.8, 4) is 0 Å². The lowest BCUT2D eigenvalue weighted by Crippen LogP contribution is -1.94. The van der Waals surface area contributed by atoms with Gasteiger partial charge in [-0.1, -0.05) is 13.6 Å². The van der Waals surface area contributed by atoms with E-state index in [2.05, 4.69) is 0 Å². The van der Waals surface area contributed by atoms with Crippen molar-refractivity contribution in [1.29, 1.82) is 0 Å². The Morgan fingerprint density at radius 3 is 1.50 bits per heavy atom. The van der Waals surface area contributed by atoms with Crippen LogP contribution in [-0.4, -0.2) is 14.3 Å². The van der Waals surface area contributed by atoms with E-state index in [9.17, 15) is 0 Å². The third-order valence-electron chi connectivity index (χ3n) is 0. The second-order valence-corrected chi connectivity index (χ2v) is 1.24. The lowest BCUT2D eigenvalue weighted by Gasteiger charge is -1.72. The van der Waals surface area contributed by atoms with Crippen LogP contribution in [0.25, 0.3) is 0 Å². The van der Waals surface area contributed by atoms with Gasteiger partial charge in [-0.15, -0.1) is 0 Å². The zero-order valence-corrected chi connectivity index (χ0v) is 3.15. The van der Waals surface area contributed by atoms with E-state index in [1.807, 2.05) is 13.6 Å². The second-order valence-electron chi connectivity index (χ2n) is 1.24. The molecule has 0 saturated carbocycles. The van der Waals surface area contributed by atoms with Gasteiger partial charge in [-0.3, -0.25) is 0 Å². The molecule has 0 atom stereocenters. The zero-order chi connectivity index (χ0) is 3.58. The van der Waals surface area contributed by atoms with Gasteiger partial charge in [-0.25, -0.2) is 0 Å². The first-order valence-corrected chi connectivity index (χ1v) is 1.49. The summed E-state index contributed by atoms with van der Waals surface area (Å²) in [7, 11) is 5.11. The van der Waals surface area contributed by atoms with Crippen LogP contribution in [0.15, 0.2) is 0 Å². The Balaban J connectivity index is 2.32. The van der Waals surface area contributed by atoms with Gasteiger partial charge in [0.2, 0.25) is 0 Å². The third-order valence-corrected chi connectivity index (χ3v) is 0. The van der Waals surface area contributed by atoms with Crippen LogP contribution in [-0.2, 0) is 0 Å². The molecule has 0 nitrogen and oxygen atoms in total. The van der Waals surface area contributed by atoms with Gasteiger partial charge in [0, 0.05) is 7.74 Å². The van der Waals surface area contributed by atoms with Crippen molar-refractivity contribution in [2.45, 2.75) is 13.6 Å². The summed E-state index contributed by atoms with van der Waals surface area (Å²) in [6, 6.07) is 0. The standard InChI is InChI=1S/C2H6B2/c1-4(2)3/h1-2H3. The minimum absolute atomic E-state index is 0.333. The summed E-state index contributed by atoms with van der Waals surface area (Å²) in [6.07, 6.45) is 0. The Labute approximate surface area is 29.1 Å². The van der Waals surface area contributed by atoms with Crippen LogP contribution in [0.1, 0.15) is 0 Å². The largest absolute Gasteiger partial charge is 0.0937 e. The van der Waals surface area contributed by atoms with Crippen LogP contribution >= 0.6 is 0 Å². The van der Waals surface area contributed by atoms with Crippen molar-refractivity contribution in [3.05, 3.63) is 0 Å². The molecule has 2 radical (unpaired) electrons. The van der Waals surface area contributed by atoms with Gasteiger partial charge in [-0.05, 0) is 0 Å². The first-order chi connectivity index (χ1) is 1.73. The Morgan fingerprint density at radius 1 is 1.50 bits per heavy atom. The Kier molecular flexibility index (Phi) is 1.50. The molecule has 0 spiro atoms. The van der Waals surface area contributed by atoms with Crippen molar-refractivity contribution in [1.82, 2.24) is 0 Å². The van der Waals surface area contributed by atoms with E-state index in [0.717, 1.165) is 0 Å². The topological polar surface area (TPSA) is 0 Å². The van der Waals surface area contributed by atoms with Gasteiger partial charge in [0.1, 0.15) is 0 Å². The van der Waals surface area contributed by atoms with Gasteiger partial charge in [-0.2, -0.15) is 0 Å². The van der Waals surface area contributed by atoms with Crippen molar-refractivity contribution >= 4 is 14.3 Å². The maximum Gasteiger partial charge on any atom is 0.0836 e. The molecule has 0 heterocycles. The van der Waals surface area contributed by atoms with E-state index in [-0.39, 0.29) is 0 Å². The molecule has 4 heavy (non-hydrogen) atoms. The molecule has 0 aromatic carbocycles. The van der Waals surface area contributed by atoms with Gasteiger partial charge in [0.05, 0.1) is 6.60 Å². The van der Waals surface area contributed by atoms with Gasteiger partial charge < -0.3 is 0 Å². The van der Waals surface area contributed by atoms with Crippen molar-refractivity contribution in [3.63, 3.8) is 0 Å². The van der Waals surface area contributed by atoms with Crippen LogP contribution in [0.2, 0.25) is 13.6 Å². The molecule has 0 unspecified atom stereocenters. The molecule has 0 aliphatic rings. The van der Waals surface area contributed by atoms with Crippen LogP contribution in [0.3, 0.4) is 0 Å². The zero-order valence-electron chi connectivity index (χ0n) is 3.15. The summed E-state index contributed by atoms with van der Waals surface area (Å²) >= 11 is 0. The Morgan fingerprint density at radius 2 is 1.50 bits per heavy atom. The van der Waals surface area contributed by atoms with Gasteiger partial charge in [0.25, 0.3) is 0 Å². The van der Waals surface area contributed by atoms with E-state index in [1.54, 1.807) is 0 Å². The number of hydrogen-bond donors (Lipinski definition) is 0. The van der Waals surface area contributed by atoms with Crippen LogP contribution < -0.4 is 0 Å². The quantitative estimate of drug-likeness (QED) is 0.350. The molecule has 0 saturated heterocycles. The first kappa shape index (κ1) is 4.13. The fraction of sp³-hybridized carbons (Fsp3) is 1.00. The molecule has 0 aliphatic carbocycles. The maximum absolute atomic E-state index is 5.11. The molecule has 0 aromatic heterocycles. The fourth-order valence-corrected chi connectivity index (χ4v) is 0. The second kappa shape index (κ2) is 1.45. The highest BCUT2D eigenvalue weighted by molar-refractivity contribution is 7.01.